The molecule has 19 heavy (non-hydrogen) atoms. The van der Waals surface area contributed by atoms with Gasteiger partial charge in [0, 0.05) is 30.6 Å². The van der Waals surface area contributed by atoms with E-state index in [1.54, 1.807) is 25.3 Å². The quantitative estimate of drug-likeness (QED) is 0.780. The van der Waals surface area contributed by atoms with E-state index in [4.69, 9.17) is 4.74 Å². The smallest absolute Gasteiger partial charge is 0.251 e. The number of rotatable bonds is 4. The van der Waals surface area contributed by atoms with Crippen LogP contribution in [0.15, 0.2) is 22.7 Å². The molecule has 0 spiro atoms. The van der Waals surface area contributed by atoms with E-state index in [2.05, 4.69) is 39.0 Å². The van der Waals surface area contributed by atoms with Crippen LogP contribution in [-0.4, -0.2) is 32.1 Å². The predicted molar refractivity (Wildman–Crippen MR) is 77.1 cm³/mol. The molecule has 3 N–H and O–H groups in total. The first-order valence-corrected chi connectivity index (χ1v) is 7.01. The van der Waals surface area contributed by atoms with Crippen molar-refractivity contribution >= 4 is 21.8 Å². The van der Waals surface area contributed by atoms with Crippen LogP contribution in [0.4, 0.5) is 0 Å². The molecule has 6 heteroatoms. The maximum Gasteiger partial charge on any atom is 0.251 e. The number of nitrogens with one attached hydrogen (secondary N) is 3. The zero-order chi connectivity index (χ0) is 13.8. The topological polar surface area (TPSA) is 62.4 Å². The van der Waals surface area contributed by atoms with Crippen LogP contribution < -0.4 is 20.9 Å². The number of methoxy groups -OCH3 is 1. The molecule has 1 saturated heterocycles. The van der Waals surface area contributed by atoms with E-state index in [9.17, 15) is 4.79 Å². The van der Waals surface area contributed by atoms with Gasteiger partial charge in [-0.25, -0.2) is 0 Å². The highest BCUT2D eigenvalue weighted by molar-refractivity contribution is 9.10. The maximum absolute atomic E-state index is 12.0. The molecular weight excluding hydrogens is 310 g/mol. The lowest BCUT2D eigenvalue weighted by Crippen LogP contribution is -2.35. The molecule has 1 heterocycles. The molecule has 5 nitrogen and oxygen atoms in total. The highest BCUT2D eigenvalue weighted by Gasteiger charge is 2.23. The van der Waals surface area contributed by atoms with Crippen molar-refractivity contribution in [3.8, 4) is 5.75 Å². The number of halogens is 1. The summed E-state index contributed by atoms with van der Waals surface area (Å²) in [4.78, 5) is 12.0. The molecular formula is C13H18BrN3O2. The minimum Gasteiger partial charge on any atom is -0.496 e. The third-order valence-electron chi connectivity index (χ3n) is 3.34. The van der Waals surface area contributed by atoms with Crippen molar-refractivity contribution in [2.75, 3.05) is 20.2 Å². The van der Waals surface area contributed by atoms with Gasteiger partial charge in [0.25, 0.3) is 5.91 Å². The maximum atomic E-state index is 12.0. The summed E-state index contributed by atoms with van der Waals surface area (Å²) in [7, 11) is 1.60. The zero-order valence-corrected chi connectivity index (χ0v) is 12.6. The molecule has 0 saturated carbocycles. The van der Waals surface area contributed by atoms with Crippen molar-refractivity contribution in [1.82, 2.24) is 16.2 Å². The summed E-state index contributed by atoms with van der Waals surface area (Å²) in [5, 5.41) is 2.96. The van der Waals surface area contributed by atoms with E-state index in [1.807, 2.05) is 0 Å². The van der Waals surface area contributed by atoms with Gasteiger partial charge in [0.05, 0.1) is 11.6 Å². The van der Waals surface area contributed by atoms with Crippen LogP contribution in [-0.2, 0) is 0 Å². The number of carbonyl (C=O) groups excluding carboxylic acids is 1. The number of hydrogen-bond donors (Lipinski definition) is 3. The summed E-state index contributed by atoms with van der Waals surface area (Å²) >= 11 is 3.38. The van der Waals surface area contributed by atoms with Gasteiger partial charge in [-0.2, -0.15) is 0 Å². The average Bonchev–Trinajstić information content (AvgIpc) is 2.81. The van der Waals surface area contributed by atoms with Gasteiger partial charge in [-0.1, -0.05) is 0 Å². The largest absolute Gasteiger partial charge is 0.496 e. The van der Waals surface area contributed by atoms with Crippen molar-refractivity contribution in [1.29, 1.82) is 0 Å². The summed E-state index contributed by atoms with van der Waals surface area (Å²) in [6, 6.07) is 5.67. The molecule has 2 unspecified atom stereocenters. The summed E-state index contributed by atoms with van der Waals surface area (Å²) in [6.45, 7) is 3.62. The van der Waals surface area contributed by atoms with E-state index in [0.717, 1.165) is 16.8 Å². The Kier molecular flexibility index (Phi) is 4.79. The Bertz CT molecular complexity index is 467. The van der Waals surface area contributed by atoms with Crippen LogP contribution in [0.5, 0.6) is 5.75 Å². The van der Waals surface area contributed by atoms with Gasteiger partial charge in [-0.3, -0.25) is 15.6 Å². The van der Waals surface area contributed by atoms with E-state index in [0.29, 0.717) is 24.1 Å². The fourth-order valence-corrected chi connectivity index (χ4v) is 2.57. The first kappa shape index (κ1) is 14.3. The number of benzene rings is 1. The Morgan fingerprint density at radius 2 is 2.37 bits per heavy atom. The molecule has 1 aliphatic rings. The number of carbonyl (C=O) groups is 1. The first-order chi connectivity index (χ1) is 9.11. The van der Waals surface area contributed by atoms with Gasteiger partial charge in [0.2, 0.25) is 0 Å². The van der Waals surface area contributed by atoms with E-state index >= 15 is 0 Å². The molecule has 1 amide bonds. The molecule has 0 aromatic heterocycles. The van der Waals surface area contributed by atoms with Crippen LogP contribution >= 0.6 is 15.9 Å². The standard InChI is InChI=1S/C13H18BrN3O2/c1-8-10(7-16-17-8)6-15-13(18)9-3-4-12(19-2)11(14)5-9/h3-5,8,10,16-17H,6-7H2,1-2H3,(H,15,18). The Labute approximate surface area is 121 Å². The normalized spacial score (nSPS) is 22.3. The van der Waals surface area contributed by atoms with Gasteiger partial charge in [-0.05, 0) is 41.1 Å². The second-order valence-corrected chi connectivity index (χ2v) is 5.49. The lowest BCUT2D eigenvalue weighted by atomic mass is 10.0. The third-order valence-corrected chi connectivity index (χ3v) is 3.96. The minimum absolute atomic E-state index is 0.0672. The fourth-order valence-electron chi connectivity index (χ4n) is 2.03. The van der Waals surface area contributed by atoms with Gasteiger partial charge in [0.1, 0.15) is 5.75 Å². The van der Waals surface area contributed by atoms with Crippen LogP contribution in [0, 0.1) is 5.92 Å². The number of hydrazine groups is 1. The van der Waals surface area contributed by atoms with Gasteiger partial charge in [-0.15, -0.1) is 0 Å². The number of hydrogen-bond acceptors (Lipinski definition) is 4. The molecule has 0 radical (unpaired) electrons. The summed E-state index contributed by atoms with van der Waals surface area (Å²) in [5.41, 5.74) is 6.84. The van der Waals surface area contributed by atoms with Crippen molar-refractivity contribution in [3.63, 3.8) is 0 Å². The second-order valence-electron chi connectivity index (χ2n) is 4.63. The molecule has 1 aromatic rings. The molecule has 0 bridgehead atoms. The van der Waals surface area contributed by atoms with Gasteiger partial charge >= 0.3 is 0 Å². The Hall–Kier alpha value is -1.11. The molecule has 1 aliphatic heterocycles. The van der Waals surface area contributed by atoms with Crippen molar-refractivity contribution < 1.29 is 9.53 Å². The first-order valence-electron chi connectivity index (χ1n) is 6.22. The highest BCUT2D eigenvalue weighted by Crippen LogP contribution is 2.25. The number of ether oxygens (including phenoxy) is 1. The SMILES string of the molecule is COc1ccc(C(=O)NCC2CNNC2C)cc1Br. The highest BCUT2D eigenvalue weighted by atomic mass is 79.9. The fraction of sp³-hybridized carbons (Fsp3) is 0.462. The monoisotopic (exact) mass is 327 g/mol. The van der Waals surface area contributed by atoms with Crippen LogP contribution in [0.3, 0.4) is 0 Å². The van der Waals surface area contributed by atoms with Crippen molar-refractivity contribution in [2.24, 2.45) is 5.92 Å². The molecule has 0 aliphatic carbocycles. The molecule has 1 aromatic carbocycles. The van der Waals surface area contributed by atoms with E-state index < -0.39 is 0 Å². The van der Waals surface area contributed by atoms with Gasteiger partial charge in [0.15, 0.2) is 0 Å². The third kappa shape index (κ3) is 3.46. The lowest BCUT2D eigenvalue weighted by molar-refractivity contribution is 0.0947. The molecule has 2 rings (SSSR count). The molecule has 2 atom stereocenters. The molecule has 1 fully saturated rings. The van der Waals surface area contributed by atoms with E-state index in [-0.39, 0.29) is 5.91 Å². The van der Waals surface area contributed by atoms with Crippen molar-refractivity contribution in [2.45, 2.75) is 13.0 Å². The summed E-state index contributed by atoms with van der Waals surface area (Å²) in [5.74, 6) is 1.06. The molecule has 104 valence electrons. The number of amides is 1. The summed E-state index contributed by atoms with van der Waals surface area (Å²) < 4.78 is 5.92. The van der Waals surface area contributed by atoms with Gasteiger partial charge < -0.3 is 10.1 Å². The lowest BCUT2D eigenvalue weighted by Gasteiger charge is -2.14. The zero-order valence-electron chi connectivity index (χ0n) is 11.0. The Morgan fingerprint density at radius 1 is 1.58 bits per heavy atom. The van der Waals surface area contributed by atoms with Crippen LogP contribution in [0.1, 0.15) is 17.3 Å². The summed E-state index contributed by atoms with van der Waals surface area (Å²) in [6.07, 6.45) is 0. The van der Waals surface area contributed by atoms with Crippen molar-refractivity contribution in [3.05, 3.63) is 28.2 Å². The average molecular weight is 328 g/mol. The minimum atomic E-state index is -0.0672. The Morgan fingerprint density at radius 3 is 2.95 bits per heavy atom. The van der Waals surface area contributed by atoms with Crippen LogP contribution in [0.25, 0.3) is 0 Å². The van der Waals surface area contributed by atoms with E-state index in [1.165, 1.54) is 0 Å². The Balaban J connectivity index is 1.94. The van der Waals surface area contributed by atoms with Crippen LogP contribution in [0.2, 0.25) is 0 Å². The second kappa shape index (κ2) is 6.36. The predicted octanol–water partition coefficient (Wildman–Crippen LogP) is 1.30.